The molecule has 2 saturated heterocycles. The fourth-order valence-electron chi connectivity index (χ4n) is 6.02. The zero-order chi connectivity index (χ0) is 28.0. The van der Waals surface area contributed by atoms with Crippen LogP contribution in [0.15, 0.2) is 83.8 Å². The van der Waals surface area contributed by atoms with E-state index in [0.717, 1.165) is 37.1 Å². The fourth-order valence-corrected chi connectivity index (χ4v) is 7.51. The fraction of sp³-hybridized carbons (Fsp3) is 0.419. The van der Waals surface area contributed by atoms with Crippen molar-refractivity contribution in [3.8, 4) is 0 Å². The number of nitrogens with zero attached hydrogens (tertiary/aromatic N) is 3. The predicted octanol–water partition coefficient (Wildman–Crippen LogP) is 5.50. The molecule has 9 heteroatoms. The average molecular weight is 563 g/mol. The standard InChI is InChI=1S/C31H38N4O4S/c36-35(37)31-24-29(40(38,39)34-20-16-28(17-21-34)33-18-8-3-9-19-33)14-15-30(31)32-27(22-25-10-4-1-5-11-25)23-26-12-6-2-7-13-26/h1-2,4-7,10-15,24,27-28,32H,3,8-9,16-23H2. The van der Waals surface area contributed by atoms with Crippen molar-refractivity contribution in [2.24, 2.45) is 0 Å². The lowest BCUT2D eigenvalue weighted by molar-refractivity contribution is -0.384. The molecule has 8 nitrogen and oxygen atoms in total. The highest BCUT2D eigenvalue weighted by Gasteiger charge is 2.33. The summed E-state index contributed by atoms with van der Waals surface area (Å²) in [5, 5.41) is 15.5. The van der Waals surface area contributed by atoms with Gasteiger partial charge < -0.3 is 10.2 Å². The Morgan fingerprint density at radius 1 is 0.825 bits per heavy atom. The Morgan fingerprint density at radius 3 is 1.95 bits per heavy atom. The van der Waals surface area contributed by atoms with Crippen molar-refractivity contribution >= 4 is 21.4 Å². The highest BCUT2D eigenvalue weighted by Crippen LogP contribution is 2.32. The summed E-state index contributed by atoms with van der Waals surface area (Å²) in [6.07, 6.45) is 6.61. The molecule has 1 N–H and O–H groups in total. The number of rotatable bonds is 10. The first-order valence-corrected chi connectivity index (χ1v) is 15.7. The molecular formula is C31H38N4O4S. The number of anilines is 1. The molecule has 0 bridgehead atoms. The first kappa shape index (κ1) is 28.3. The van der Waals surface area contributed by atoms with Gasteiger partial charge in [-0.05, 0) is 74.9 Å². The maximum atomic E-state index is 13.5. The number of nitro benzene ring substituents is 1. The smallest absolute Gasteiger partial charge is 0.293 e. The minimum absolute atomic E-state index is 0.0242. The van der Waals surface area contributed by atoms with E-state index in [9.17, 15) is 18.5 Å². The molecule has 2 aliphatic heterocycles. The molecule has 0 amide bonds. The van der Waals surface area contributed by atoms with Crippen LogP contribution in [-0.4, -0.2) is 60.8 Å². The van der Waals surface area contributed by atoms with Crippen LogP contribution in [0.25, 0.3) is 0 Å². The first-order valence-electron chi connectivity index (χ1n) is 14.3. The van der Waals surface area contributed by atoms with Crippen LogP contribution >= 0.6 is 0 Å². The van der Waals surface area contributed by atoms with E-state index >= 15 is 0 Å². The van der Waals surface area contributed by atoms with Crippen molar-refractivity contribution in [3.05, 3.63) is 100 Å². The van der Waals surface area contributed by atoms with Gasteiger partial charge in [-0.2, -0.15) is 4.31 Å². The maximum absolute atomic E-state index is 13.5. The molecular weight excluding hydrogens is 524 g/mol. The third-order valence-electron chi connectivity index (χ3n) is 8.14. The first-order chi connectivity index (χ1) is 19.4. The lowest BCUT2D eigenvalue weighted by Gasteiger charge is -2.39. The van der Waals surface area contributed by atoms with Crippen molar-refractivity contribution in [2.75, 3.05) is 31.5 Å². The van der Waals surface area contributed by atoms with E-state index in [1.54, 1.807) is 6.07 Å². The number of hydrogen-bond donors (Lipinski definition) is 1. The highest BCUT2D eigenvalue weighted by atomic mass is 32.2. The van der Waals surface area contributed by atoms with Crippen molar-refractivity contribution in [1.29, 1.82) is 0 Å². The normalized spacial score (nSPS) is 17.6. The quantitative estimate of drug-likeness (QED) is 0.259. The molecule has 3 aromatic rings. The molecule has 0 saturated carbocycles. The third-order valence-corrected chi connectivity index (χ3v) is 10.0. The molecule has 5 rings (SSSR count). The SMILES string of the molecule is O=[N+]([O-])c1cc(S(=O)(=O)N2CCC(N3CCCCC3)CC2)ccc1NC(Cc1ccccc1)Cc1ccccc1. The van der Waals surface area contributed by atoms with E-state index in [2.05, 4.69) is 10.2 Å². The molecule has 0 radical (unpaired) electrons. The number of benzene rings is 3. The van der Waals surface area contributed by atoms with Gasteiger partial charge in [0.05, 0.1) is 9.82 Å². The summed E-state index contributed by atoms with van der Waals surface area (Å²) in [6.45, 7) is 3.06. The van der Waals surface area contributed by atoms with Gasteiger partial charge in [-0.3, -0.25) is 10.1 Å². The number of nitro groups is 1. The Morgan fingerprint density at radius 2 is 1.40 bits per heavy atom. The topological polar surface area (TPSA) is 95.8 Å². The molecule has 0 aromatic heterocycles. The van der Waals surface area contributed by atoms with Crippen molar-refractivity contribution in [1.82, 2.24) is 9.21 Å². The van der Waals surface area contributed by atoms with Gasteiger partial charge in [0.1, 0.15) is 5.69 Å². The third kappa shape index (κ3) is 6.89. The molecule has 0 atom stereocenters. The van der Waals surface area contributed by atoms with Gasteiger partial charge in [0.25, 0.3) is 5.69 Å². The minimum atomic E-state index is -3.83. The Balaban J connectivity index is 1.33. The number of nitrogens with one attached hydrogen (secondary N) is 1. The zero-order valence-corrected chi connectivity index (χ0v) is 23.6. The monoisotopic (exact) mass is 562 g/mol. The molecule has 3 aromatic carbocycles. The van der Waals surface area contributed by atoms with E-state index in [-0.39, 0.29) is 16.6 Å². The van der Waals surface area contributed by atoms with Gasteiger partial charge in [0.2, 0.25) is 10.0 Å². The zero-order valence-electron chi connectivity index (χ0n) is 22.8. The Hall–Kier alpha value is -3.27. The van der Waals surface area contributed by atoms with Crippen molar-refractivity contribution in [3.63, 3.8) is 0 Å². The predicted molar refractivity (Wildman–Crippen MR) is 158 cm³/mol. The van der Waals surface area contributed by atoms with Crippen molar-refractivity contribution in [2.45, 2.75) is 61.9 Å². The van der Waals surface area contributed by atoms with E-state index in [1.807, 2.05) is 60.7 Å². The van der Waals surface area contributed by atoms with E-state index < -0.39 is 14.9 Å². The van der Waals surface area contributed by atoms with Crippen LogP contribution in [0, 0.1) is 10.1 Å². The van der Waals surface area contributed by atoms with Crippen LogP contribution < -0.4 is 5.32 Å². The average Bonchev–Trinajstić information content (AvgIpc) is 2.99. The van der Waals surface area contributed by atoms with Gasteiger partial charge in [-0.25, -0.2) is 8.42 Å². The minimum Gasteiger partial charge on any atom is -0.376 e. The molecule has 2 fully saturated rings. The number of hydrogen-bond acceptors (Lipinski definition) is 6. The second-order valence-corrected chi connectivity index (χ2v) is 12.8. The molecule has 0 unspecified atom stereocenters. The van der Waals surface area contributed by atoms with Gasteiger partial charge in [0.15, 0.2) is 0 Å². The summed E-state index contributed by atoms with van der Waals surface area (Å²) in [7, 11) is -3.83. The summed E-state index contributed by atoms with van der Waals surface area (Å²) in [5.41, 5.74) is 2.33. The Bertz CT molecular complexity index is 1330. The van der Waals surface area contributed by atoms with Gasteiger partial charge in [-0.15, -0.1) is 0 Å². The second kappa shape index (κ2) is 12.9. The summed E-state index contributed by atoms with van der Waals surface area (Å²) in [4.78, 5) is 14.1. The van der Waals surface area contributed by atoms with Crippen LogP contribution in [0.3, 0.4) is 0 Å². The van der Waals surface area contributed by atoms with Crippen molar-refractivity contribution < 1.29 is 13.3 Å². The van der Waals surface area contributed by atoms with Crippen LogP contribution in [-0.2, 0) is 22.9 Å². The van der Waals surface area contributed by atoms with Gasteiger partial charge in [-0.1, -0.05) is 67.1 Å². The van der Waals surface area contributed by atoms with Crippen LogP contribution in [0.1, 0.15) is 43.2 Å². The molecule has 0 spiro atoms. The summed E-state index contributed by atoms with van der Waals surface area (Å²) in [5.74, 6) is 0. The second-order valence-electron chi connectivity index (χ2n) is 10.9. The lowest BCUT2D eigenvalue weighted by atomic mass is 9.98. The van der Waals surface area contributed by atoms with E-state index in [4.69, 9.17) is 0 Å². The van der Waals surface area contributed by atoms with Crippen LogP contribution in [0.5, 0.6) is 0 Å². The van der Waals surface area contributed by atoms with Gasteiger partial charge in [0, 0.05) is 31.2 Å². The molecule has 0 aliphatic carbocycles. The highest BCUT2D eigenvalue weighted by molar-refractivity contribution is 7.89. The molecule has 40 heavy (non-hydrogen) atoms. The van der Waals surface area contributed by atoms with E-state index in [0.29, 0.717) is 37.7 Å². The molecule has 212 valence electrons. The number of sulfonamides is 1. The number of likely N-dealkylation sites (tertiary alicyclic amines) is 1. The molecule has 2 heterocycles. The number of piperidine rings is 2. The summed E-state index contributed by atoms with van der Waals surface area (Å²) in [6, 6.07) is 24.6. The van der Waals surface area contributed by atoms with E-state index in [1.165, 1.54) is 35.7 Å². The van der Waals surface area contributed by atoms with Gasteiger partial charge >= 0.3 is 0 Å². The molecule has 2 aliphatic rings. The summed E-state index contributed by atoms with van der Waals surface area (Å²) >= 11 is 0. The summed E-state index contributed by atoms with van der Waals surface area (Å²) < 4.78 is 28.6. The Labute approximate surface area is 237 Å². The van der Waals surface area contributed by atoms with Crippen LogP contribution in [0.4, 0.5) is 11.4 Å². The van der Waals surface area contributed by atoms with Crippen LogP contribution in [0.2, 0.25) is 0 Å². The lowest BCUT2D eigenvalue weighted by Crippen LogP contribution is -2.48. The largest absolute Gasteiger partial charge is 0.376 e. The maximum Gasteiger partial charge on any atom is 0.293 e. The Kier molecular flexibility index (Phi) is 9.14.